The molecular formula is C11H10BNO2. The Balaban J connectivity index is 2.39. The summed E-state index contributed by atoms with van der Waals surface area (Å²) in [4.78, 5) is 4.21. The first kappa shape index (κ1) is 9.89. The molecule has 2 N–H and O–H groups in total. The van der Waals surface area contributed by atoms with Crippen LogP contribution in [0.4, 0.5) is 0 Å². The maximum Gasteiger partial charge on any atom is 0.480 e. The van der Waals surface area contributed by atoms with Crippen molar-refractivity contribution in [1.29, 1.82) is 0 Å². The first-order valence-electron chi connectivity index (χ1n) is 4.65. The minimum atomic E-state index is -1.41. The van der Waals surface area contributed by atoms with Crippen molar-refractivity contribution in [2.24, 2.45) is 0 Å². The number of fused-ring (bicyclic) bond motifs is 1. The van der Waals surface area contributed by atoms with E-state index in [0.29, 0.717) is 0 Å². The van der Waals surface area contributed by atoms with E-state index in [1.165, 1.54) is 5.98 Å². The highest BCUT2D eigenvalue weighted by atomic mass is 16.4. The molecule has 0 bridgehead atoms. The molecule has 2 aromatic rings. The molecule has 0 atom stereocenters. The van der Waals surface area contributed by atoms with Crippen LogP contribution in [0.3, 0.4) is 0 Å². The molecule has 0 aliphatic rings. The van der Waals surface area contributed by atoms with E-state index in [0.717, 1.165) is 16.5 Å². The number of nitrogens with zero attached hydrogens (tertiary/aromatic N) is 1. The van der Waals surface area contributed by atoms with Crippen LogP contribution >= 0.6 is 0 Å². The molecule has 3 nitrogen and oxygen atoms in total. The number of aromatic nitrogens is 1. The molecule has 0 amide bonds. The van der Waals surface area contributed by atoms with Crippen LogP contribution in [-0.4, -0.2) is 22.2 Å². The molecule has 1 aromatic carbocycles. The fraction of sp³-hybridized carbons (Fsp3) is 0. The monoisotopic (exact) mass is 199 g/mol. The van der Waals surface area contributed by atoms with Crippen molar-refractivity contribution in [1.82, 2.24) is 4.98 Å². The summed E-state index contributed by atoms with van der Waals surface area (Å²) in [5.41, 5.74) is 1.79. The third-order valence-corrected chi connectivity index (χ3v) is 2.09. The zero-order valence-electron chi connectivity index (χ0n) is 8.04. The number of rotatable bonds is 2. The molecule has 74 valence electrons. The Morgan fingerprint density at radius 2 is 2.07 bits per heavy atom. The first-order chi connectivity index (χ1) is 7.25. The van der Waals surface area contributed by atoms with Crippen LogP contribution < -0.4 is 0 Å². The molecule has 0 spiro atoms. The Labute approximate surface area is 87.9 Å². The van der Waals surface area contributed by atoms with Gasteiger partial charge in [0, 0.05) is 11.6 Å². The lowest BCUT2D eigenvalue weighted by atomic mass is 9.90. The van der Waals surface area contributed by atoms with Crippen molar-refractivity contribution in [3.63, 3.8) is 0 Å². The Morgan fingerprint density at radius 1 is 1.20 bits per heavy atom. The van der Waals surface area contributed by atoms with Crippen molar-refractivity contribution in [2.45, 2.75) is 0 Å². The maximum atomic E-state index is 8.68. The Hall–Kier alpha value is -1.65. The molecule has 0 saturated heterocycles. The Morgan fingerprint density at radius 3 is 2.87 bits per heavy atom. The van der Waals surface area contributed by atoms with Crippen molar-refractivity contribution < 1.29 is 10.0 Å². The van der Waals surface area contributed by atoms with E-state index >= 15 is 0 Å². The Kier molecular flexibility index (Phi) is 2.80. The van der Waals surface area contributed by atoms with E-state index in [1.54, 1.807) is 12.3 Å². The number of pyridine rings is 1. The van der Waals surface area contributed by atoms with Crippen LogP contribution in [0, 0.1) is 0 Å². The zero-order valence-corrected chi connectivity index (χ0v) is 8.04. The highest BCUT2D eigenvalue weighted by Crippen LogP contribution is 2.13. The van der Waals surface area contributed by atoms with Gasteiger partial charge in [0.15, 0.2) is 0 Å². The number of hydrogen-bond donors (Lipinski definition) is 2. The van der Waals surface area contributed by atoms with Gasteiger partial charge in [-0.3, -0.25) is 4.98 Å². The predicted octanol–water partition coefficient (Wildman–Crippen LogP) is 1.26. The van der Waals surface area contributed by atoms with Crippen molar-refractivity contribution in [2.75, 3.05) is 0 Å². The van der Waals surface area contributed by atoms with E-state index in [1.807, 2.05) is 30.3 Å². The molecule has 0 radical (unpaired) electrons. The lowest BCUT2D eigenvalue weighted by Gasteiger charge is -1.98. The van der Waals surface area contributed by atoms with Crippen LogP contribution in [0.5, 0.6) is 0 Å². The van der Waals surface area contributed by atoms with E-state index < -0.39 is 7.12 Å². The maximum absolute atomic E-state index is 8.68. The number of benzene rings is 1. The van der Waals surface area contributed by atoms with E-state index in [2.05, 4.69) is 4.98 Å². The predicted molar refractivity (Wildman–Crippen MR) is 61.0 cm³/mol. The van der Waals surface area contributed by atoms with Gasteiger partial charge in [-0.05, 0) is 17.7 Å². The summed E-state index contributed by atoms with van der Waals surface area (Å²) < 4.78 is 0. The van der Waals surface area contributed by atoms with Crippen LogP contribution in [0.25, 0.3) is 17.0 Å². The van der Waals surface area contributed by atoms with E-state index in [-0.39, 0.29) is 0 Å². The van der Waals surface area contributed by atoms with Gasteiger partial charge in [0.2, 0.25) is 0 Å². The van der Waals surface area contributed by atoms with Gasteiger partial charge in [0.25, 0.3) is 0 Å². The third-order valence-electron chi connectivity index (χ3n) is 2.09. The van der Waals surface area contributed by atoms with Gasteiger partial charge in [0.1, 0.15) is 0 Å². The molecule has 1 aromatic heterocycles. The molecule has 0 aliphatic heterocycles. The van der Waals surface area contributed by atoms with Crippen LogP contribution in [-0.2, 0) is 0 Å². The second-order valence-corrected chi connectivity index (χ2v) is 3.23. The van der Waals surface area contributed by atoms with Gasteiger partial charge < -0.3 is 10.0 Å². The fourth-order valence-electron chi connectivity index (χ4n) is 1.38. The van der Waals surface area contributed by atoms with Crippen molar-refractivity contribution in [3.05, 3.63) is 48.1 Å². The zero-order chi connectivity index (χ0) is 10.7. The van der Waals surface area contributed by atoms with Gasteiger partial charge in [-0.25, -0.2) is 0 Å². The van der Waals surface area contributed by atoms with Gasteiger partial charge >= 0.3 is 7.12 Å². The second-order valence-electron chi connectivity index (χ2n) is 3.23. The van der Waals surface area contributed by atoms with E-state index in [9.17, 15) is 0 Å². The second kappa shape index (κ2) is 4.25. The average molecular weight is 199 g/mol. The van der Waals surface area contributed by atoms with Crippen LogP contribution in [0.1, 0.15) is 5.56 Å². The topological polar surface area (TPSA) is 53.4 Å². The minimum Gasteiger partial charge on any atom is -0.424 e. The summed E-state index contributed by atoms with van der Waals surface area (Å²) in [6.07, 6.45) is 3.38. The largest absolute Gasteiger partial charge is 0.480 e. The fourth-order valence-corrected chi connectivity index (χ4v) is 1.38. The molecule has 0 fully saturated rings. The molecule has 0 saturated carbocycles. The number of hydrogen-bond acceptors (Lipinski definition) is 3. The summed E-state index contributed by atoms with van der Waals surface area (Å²) in [5, 5.41) is 18.4. The standard InChI is InChI=1S/C11H10BNO2/c14-12(15)6-5-9-3-4-10-2-1-7-13-11(10)8-9/h1-8,14-15H/b6-5+. The summed E-state index contributed by atoms with van der Waals surface area (Å²) >= 11 is 0. The first-order valence-corrected chi connectivity index (χ1v) is 4.65. The molecule has 0 unspecified atom stereocenters. The van der Waals surface area contributed by atoms with Gasteiger partial charge in [0.05, 0.1) is 5.52 Å². The normalized spacial score (nSPS) is 11.1. The molecule has 2 rings (SSSR count). The summed E-state index contributed by atoms with van der Waals surface area (Å²) in [7, 11) is -1.41. The van der Waals surface area contributed by atoms with Crippen molar-refractivity contribution >= 4 is 24.1 Å². The average Bonchev–Trinajstić information content (AvgIpc) is 2.26. The van der Waals surface area contributed by atoms with Crippen LogP contribution in [0.2, 0.25) is 0 Å². The third kappa shape index (κ3) is 2.43. The highest BCUT2D eigenvalue weighted by Gasteiger charge is 1.99. The van der Waals surface area contributed by atoms with Crippen molar-refractivity contribution in [3.8, 4) is 0 Å². The summed E-state index contributed by atoms with van der Waals surface area (Å²) in [6.45, 7) is 0. The highest BCUT2D eigenvalue weighted by molar-refractivity contribution is 6.48. The minimum absolute atomic E-state index is 0.895. The SMILES string of the molecule is OB(O)/C=C/c1ccc2cccnc2c1. The van der Waals surface area contributed by atoms with Gasteiger partial charge in [-0.2, -0.15) is 0 Å². The molecule has 4 heteroatoms. The molecular weight excluding hydrogens is 189 g/mol. The lowest BCUT2D eigenvalue weighted by molar-refractivity contribution is 0.424. The molecule has 0 aliphatic carbocycles. The molecule has 15 heavy (non-hydrogen) atoms. The lowest BCUT2D eigenvalue weighted by Crippen LogP contribution is -2.05. The van der Waals surface area contributed by atoms with Crippen LogP contribution in [0.15, 0.2) is 42.5 Å². The van der Waals surface area contributed by atoms with Gasteiger partial charge in [-0.15, -0.1) is 0 Å². The summed E-state index contributed by atoms with van der Waals surface area (Å²) in [5.74, 6) is 1.31. The Bertz CT molecular complexity index is 497. The van der Waals surface area contributed by atoms with Gasteiger partial charge in [-0.1, -0.05) is 30.3 Å². The molecule has 1 heterocycles. The summed E-state index contributed by atoms with van der Waals surface area (Å²) in [6, 6.07) is 9.62. The van der Waals surface area contributed by atoms with E-state index in [4.69, 9.17) is 10.0 Å². The quantitative estimate of drug-likeness (QED) is 0.715. The smallest absolute Gasteiger partial charge is 0.424 e.